The van der Waals surface area contributed by atoms with E-state index in [1.807, 2.05) is 49.4 Å². The van der Waals surface area contributed by atoms with E-state index < -0.39 is 5.54 Å². The maximum absolute atomic E-state index is 13.0. The van der Waals surface area contributed by atoms with Gasteiger partial charge in [0.05, 0.1) is 0 Å². The minimum Gasteiger partial charge on any atom is -0.345 e. The fourth-order valence-electron chi connectivity index (χ4n) is 2.79. The molecule has 0 aliphatic carbocycles. The number of hydrogen-bond acceptors (Lipinski definition) is 3. The summed E-state index contributed by atoms with van der Waals surface area (Å²) in [4.78, 5) is 28.3. The molecule has 0 aromatic heterocycles. The van der Waals surface area contributed by atoms with Gasteiger partial charge in [0.2, 0.25) is 5.91 Å². The molecule has 0 bridgehead atoms. The van der Waals surface area contributed by atoms with Crippen LogP contribution in [-0.2, 0) is 16.9 Å². The molecule has 27 heavy (non-hydrogen) atoms. The Kier molecular flexibility index (Phi) is 8.00. The largest absolute Gasteiger partial charge is 0.345 e. The molecular formula is C21H28ClN3O2. The van der Waals surface area contributed by atoms with Crippen LogP contribution in [0.2, 0.25) is 0 Å². The molecule has 2 amide bonds. The predicted octanol–water partition coefficient (Wildman–Crippen LogP) is 3.03. The average molecular weight is 390 g/mol. The van der Waals surface area contributed by atoms with Crippen LogP contribution in [0, 0.1) is 0 Å². The molecule has 0 radical (unpaired) electrons. The number of carbonyl (C=O) groups is 2. The van der Waals surface area contributed by atoms with Crippen LogP contribution in [0.3, 0.4) is 0 Å². The van der Waals surface area contributed by atoms with Crippen LogP contribution in [0.15, 0.2) is 54.6 Å². The zero-order chi connectivity index (χ0) is 19.3. The Hall–Kier alpha value is -2.37. The molecule has 146 valence electrons. The molecular weight excluding hydrogens is 362 g/mol. The molecule has 2 aromatic rings. The lowest BCUT2D eigenvalue weighted by Crippen LogP contribution is -2.50. The van der Waals surface area contributed by atoms with Gasteiger partial charge in [-0.25, -0.2) is 0 Å². The molecule has 2 aromatic carbocycles. The van der Waals surface area contributed by atoms with Crippen molar-refractivity contribution in [3.05, 3.63) is 71.3 Å². The molecule has 0 aliphatic rings. The summed E-state index contributed by atoms with van der Waals surface area (Å²) in [6, 6.07) is 16.7. The van der Waals surface area contributed by atoms with E-state index in [0.29, 0.717) is 18.7 Å². The Morgan fingerprint density at radius 2 is 1.56 bits per heavy atom. The minimum absolute atomic E-state index is 0. The third-order valence-corrected chi connectivity index (χ3v) is 4.47. The van der Waals surface area contributed by atoms with Crippen LogP contribution in [-0.4, -0.2) is 42.3 Å². The lowest BCUT2D eigenvalue weighted by Gasteiger charge is -2.31. The van der Waals surface area contributed by atoms with Crippen molar-refractivity contribution in [2.45, 2.75) is 25.9 Å². The van der Waals surface area contributed by atoms with Gasteiger partial charge in [-0.3, -0.25) is 9.59 Å². The summed E-state index contributed by atoms with van der Waals surface area (Å²) >= 11 is 0. The smallest absolute Gasteiger partial charge is 0.253 e. The van der Waals surface area contributed by atoms with Crippen molar-refractivity contribution in [2.75, 3.05) is 20.6 Å². The van der Waals surface area contributed by atoms with Crippen LogP contribution < -0.4 is 5.73 Å². The van der Waals surface area contributed by atoms with Crippen molar-refractivity contribution in [1.82, 2.24) is 9.80 Å². The number of benzene rings is 2. The fraction of sp³-hybridized carbons (Fsp3) is 0.333. The molecule has 2 rings (SSSR count). The van der Waals surface area contributed by atoms with E-state index in [2.05, 4.69) is 0 Å². The standard InChI is InChI=1S/C21H27N3O2.ClH/c1-5-24(20(26)21(2,22)18-9-7-6-8-10-18)15-16-11-13-17(14-12-16)19(25)23(3)4;/h6-14H,5,15,22H2,1-4H3;1H. The van der Waals surface area contributed by atoms with Gasteiger partial charge in [-0.15, -0.1) is 12.4 Å². The summed E-state index contributed by atoms with van der Waals surface area (Å²) in [6.07, 6.45) is 0. The highest BCUT2D eigenvalue weighted by Gasteiger charge is 2.33. The van der Waals surface area contributed by atoms with Crippen molar-refractivity contribution in [1.29, 1.82) is 0 Å². The van der Waals surface area contributed by atoms with E-state index in [1.165, 1.54) is 4.90 Å². The van der Waals surface area contributed by atoms with Crippen LogP contribution in [0.5, 0.6) is 0 Å². The van der Waals surface area contributed by atoms with E-state index in [1.54, 1.807) is 38.1 Å². The maximum Gasteiger partial charge on any atom is 0.253 e. The van der Waals surface area contributed by atoms with E-state index in [0.717, 1.165) is 11.1 Å². The second-order valence-electron chi connectivity index (χ2n) is 6.78. The number of likely N-dealkylation sites (N-methyl/N-ethyl adjacent to an activating group) is 1. The maximum atomic E-state index is 13.0. The zero-order valence-corrected chi connectivity index (χ0v) is 17.1. The first-order valence-electron chi connectivity index (χ1n) is 8.71. The summed E-state index contributed by atoms with van der Waals surface area (Å²) in [6.45, 7) is 4.68. The van der Waals surface area contributed by atoms with Gasteiger partial charge in [-0.05, 0) is 37.1 Å². The van der Waals surface area contributed by atoms with Crippen molar-refractivity contribution >= 4 is 24.2 Å². The topological polar surface area (TPSA) is 66.6 Å². The summed E-state index contributed by atoms with van der Waals surface area (Å²) in [7, 11) is 3.44. The Bertz CT molecular complexity index is 759. The summed E-state index contributed by atoms with van der Waals surface area (Å²) in [5.74, 6) is -0.168. The molecule has 6 heteroatoms. The molecule has 0 saturated carbocycles. The molecule has 0 spiro atoms. The van der Waals surface area contributed by atoms with E-state index in [-0.39, 0.29) is 24.2 Å². The van der Waals surface area contributed by atoms with Gasteiger partial charge in [0, 0.05) is 32.7 Å². The van der Waals surface area contributed by atoms with Crippen molar-refractivity contribution < 1.29 is 9.59 Å². The lowest BCUT2D eigenvalue weighted by atomic mass is 9.91. The van der Waals surface area contributed by atoms with Gasteiger partial charge in [0.25, 0.3) is 5.91 Å². The number of halogens is 1. The minimum atomic E-state index is -1.09. The lowest BCUT2D eigenvalue weighted by molar-refractivity contribution is -0.137. The van der Waals surface area contributed by atoms with Crippen LogP contribution >= 0.6 is 12.4 Å². The van der Waals surface area contributed by atoms with Crippen molar-refractivity contribution in [3.8, 4) is 0 Å². The molecule has 2 N–H and O–H groups in total. The van der Waals surface area contributed by atoms with E-state index in [9.17, 15) is 9.59 Å². The van der Waals surface area contributed by atoms with E-state index in [4.69, 9.17) is 5.73 Å². The summed E-state index contributed by atoms with van der Waals surface area (Å²) in [5, 5.41) is 0. The average Bonchev–Trinajstić information content (AvgIpc) is 2.66. The summed E-state index contributed by atoms with van der Waals surface area (Å²) < 4.78 is 0. The monoisotopic (exact) mass is 389 g/mol. The first-order chi connectivity index (χ1) is 12.3. The van der Waals surface area contributed by atoms with Crippen molar-refractivity contribution in [2.24, 2.45) is 5.73 Å². The molecule has 1 unspecified atom stereocenters. The Morgan fingerprint density at radius 3 is 2.04 bits per heavy atom. The number of nitrogens with zero attached hydrogens (tertiary/aromatic N) is 2. The Balaban J connectivity index is 0.00000364. The van der Waals surface area contributed by atoms with Gasteiger partial charge < -0.3 is 15.5 Å². The zero-order valence-electron chi connectivity index (χ0n) is 16.3. The molecule has 0 aliphatic heterocycles. The second-order valence-corrected chi connectivity index (χ2v) is 6.78. The highest BCUT2D eigenvalue weighted by Crippen LogP contribution is 2.21. The van der Waals surface area contributed by atoms with Crippen LogP contribution in [0.4, 0.5) is 0 Å². The third kappa shape index (κ3) is 5.31. The van der Waals surface area contributed by atoms with Crippen LogP contribution in [0.1, 0.15) is 35.3 Å². The number of amides is 2. The van der Waals surface area contributed by atoms with Crippen LogP contribution in [0.25, 0.3) is 0 Å². The normalized spacial score (nSPS) is 12.5. The number of nitrogens with two attached hydrogens (primary N) is 1. The first kappa shape index (κ1) is 22.7. The highest BCUT2D eigenvalue weighted by atomic mass is 35.5. The Morgan fingerprint density at radius 1 is 1.00 bits per heavy atom. The quantitative estimate of drug-likeness (QED) is 0.825. The van der Waals surface area contributed by atoms with Gasteiger partial charge in [-0.1, -0.05) is 42.5 Å². The second kappa shape index (κ2) is 9.53. The van der Waals surface area contributed by atoms with Gasteiger partial charge in [0.1, 0.15) is 5.54 Å². The predicted molar refractivity (Wildman–Crippen MR) is 111 cm³/mol. The molecule has 0 saturated heterocycles. The molecule has 0 fully saturated rings. The third-order valence-electron chi connectivity index (χ3n) is 4.47. The molecule has 0 heterocycles. The highest BCUT2D eigenvalue weighted by molar-refractivity contribution is 5.93. The molecule has 1 atom stereocenters. The number of hydrogen-bond donors (Lipinski definition) is 1. The first-order valence-corrected chi connectivity index (χ1v) is 8.71. The molecule has 5 nitrogen and oxygen atoms in total. The van der Waals surface area contributed by atoms with Gasteiger partial charge in [-0.2, -0.15) is 0 Å². The number of rotatable bonds is 6. The van der Waals surface area contributed by atoms with Crippen molar-refractivity contribution in [3.63, 3.8) is 0 Å². The van der Waals surface area contributed by atoms with Gasteiger partial charge in [0.15, 0.2) is 0 Å². The SMILES string of the molecule is CCN(Cc1ccc(C(=O)N(C)C)cc1)C(=O)C(C)(N)c1ccccc1.Cl. The number of carbonyl (C=O) groups excluding carboxylic acids is 2. The summed E-state index contributed by atoms with van der Waals surface area (Å²) in [5.41, 5.74) is 7.65. The fourth-order valence-corrected chi connectivity index (χ4v) is 2.79. The van der Waals surface area contributed by atoms with Gasteiger partial charge >= 0.3 is 0 Å². The van der Waals surface area contributed by atoms with E-state index >= 15 is 0 Å². The Labute approximate surface area is 167 Å².